The second-order valence-electron chi connectivity index (χ2n) is 5.59. The molecule has 1 aromatic heterocycles. The van der Waals surface area contributed by atoms with Crippen molar-refractivity contribution in [2.24, 2.45) is 5.10 Å². The Morgan fingerprint density at radius 1 is 1.15 bits per heavy atom. The highest BCUT2D eigenvalue weighted by molar-refractivity contribution is 6.42. The van der Waals surface area contributed by atoms with Gasteiger partial charge in [-0.3, -0.25) is 9.89 Å². The minimum Gasteiger partial charge on any atom is -0.272 e. The summed E-state index contributed by atoms with van der Waals surface area (Å²) in [5.74, 6) is -0.384. The molecular formula is C19H16Cl2N4O. The van der Waals surface area contributed by atoms with Crippen molar-refractivity contribution in [3.8, 4) is 11.3 Å². The van der Waals surface area contributed by atoms with Crippen molar-refractivity contribution in [2.45, 2.75) is 13.3 Å². The zero-order valence-corrected chi connectivity index (χ0v) is 15.5. The Balaban J connectivity index is 1.65. The summed E-state index contributed by atoms with van der Waals surface area (Å²) in [7, 11) is 0. The molecule has 5 nitrogen and oxygen atoms in total. The van der Waals surface area contributed by atoms with Crippen LogP contribution in [-0.4, -0.2) is 22.3 Å². The van der Waals surface area contributed by atoms with E-state index in [9.17, 15) is 4.79 Å². The summed E-state index contributed by atoms with van der Waals surface area (Å²) < 4.78 is 0. The van der Waals surface area contributed by atoms with Crippen LogP contribution in [0.5, 0.6) is 0 Å². The number of aromatic nitrogens is 2. The van der Waals surface area contributed by atoms with E-state index in [4.69, 9.17) is 23.2 Å². The van der Waals surface area contributed by atoms with Crippen LogP contribution in [-0.2, 0) is 6.42 Å². The van der Waals surface area contributed by atoms with E-state index in [1.165, 1.54) is 5.56 Å². The highest BCUT2D eigenvalue weighted by Crippen LogP contribution is 2.27. The van der Waals surface area contributed by atoms with Crippen LogP contribution < -0.4 is 5.43 Å². The van der Waals surface area contributed by atoms with E-state index in [1.54, 1.807) is 30.5 Å². The molecule has 0 fully saturated rings. The third-order valence-electron chi connectivity index (χ3n) is 3.81. The van der Waals surface area contributed by atoms with Crippen LogP contribution in [0.15, 0.2) is 53.6 Å². The molecule has 0 atom stereocenters. The average molecular weight is 387 g/mol. The van der Waals surface area contributed by atoms with Gasteiger partial charge in [0.25, 0.3) is 5.91 Å². The zero-order valence-electron chi connectivity index (χ0n) is 14.0. The lowest BCUT2D eigenvalue weighted by molar-refractivity contribution is 0.0950. The molecule has 0 saturated heterocycles. The molecule has 3 aromatic rings. The van der Waals surface area contributed by atoms with E-state index in [0.717, 1.165) is 17.5 Å². The van der Waals surface area contributed by atoms with E-state index in [-0.39, 0.29) is 5.91 Å². The summed E-state index contributed by atoms with van der Waals surface area (Å²) in [5.41, 5.74) is 6.27. The Morgan fingerprint density at radius 3 is 2.62 bits per heavy atom. The Bertz CT molecular complexity index is 948. The summed E-state index contributed by atoms with van der Waals surface area (Å²) in [5, 5.41) is 11.7. The number of nitrogens with zero attached hydrogens (tertiary/aromatic N) is 2. The number of carbonyl (C=O) groups is 1. The largest absolute Gasteiger partial charge is 0.289 e. The molecular weight excluding hydrogens is 371 g/mol. The second-order valence-corrected chi connectivity index (χ2v) is 6.40. The first-order valence-corrected chi connectivity index (χ1v) is 8.75. The zero-order chi connectivity index (χ0) is 18.5. The van der Waals surface area contributed by atoms with Gasteiger partial charge in [0, 0.05) is 5.56 Å². The van der Waals surface area contributed by atoms with Gasteiger partial charge in [-0.05, 0) is 35.7 Å². The smallest absolute Gasteiger partial charge is 0.272 e. The Kier molecular flexibility index (Phi) is 5.71. The summed E-state index contributed by atoms with van der Waals surface area (Å²) in [4.78, 5) is 12.2. The number of hydrogen-bond acceptors (Lipinski definition) is 3. The van der Waals surface area contributed by atoms with Crippen molar-refractivity contribution in [1.29, 1.82) is 0 Å². The van der Waals surface area contributed by atoms with Gasteiger partial charge in [0.2, 0.25) is 0 Å². The number of hydrogen-bond donors (Lipinski definition) is 2. The number of nitrogens with one attached hydrogen (secondary N) is 2. The highest BCUT2D eigenvalue weighted by Gasteiger charge is 2.11. The molecule has 0 aliphatic heterocycles. The monoisotopic (exact) mass is 386 g/mol. The minimum absolute atomic E-state index is 0.296. The average Bonchev–Trinajstić information content (AvgIpc) is 3.15. The van der Waals surface area contributed by atoms with E-state index < -0.39 is 0 Å². The van der Waals surface area contributed by atoms with Crippen molar-refractivity contribution < 1.29 is 4.79 Å². The number of rotatable bonds is 5. The number of aromatic amines is 1. The normalized spacial score (nSPS) is 11.0. The van der Waals surface area contributed by atoms with Gasteiger partial charge in [-0.15, -0.1) is 0 Å². The van der Waals surface area contributed by atoms with Crippen molar-refractivity contribution in [3.63, 3.8) is 0 Å². The summed E-state index contributed by atoms with van der Waals surface area (Å²) in [6, 6.07) is 14.7. The van der Waals surface area contributed by atoms with Gasteiger partial charge in [-0.2, -0.15) is 10.2 Å². The first-order chi connectivity index (χ1) is 12.6. The standard InChI is InChI=1S/C19H16Cl2N4O/c1-2-12-3-5-13(6-4-12)11-22-25-19(26)18-10-17(23-24-18)14-7-8-15(20)16(21)9-14/h3-11H,2H2,1H3,(H,23,24)(H,25,26)/b22-11-. The van der Waals surface area contributed by atoms with Gasteiger partial charge in [0.15, 0.2) is 0 Å². The number of amides is 1. The van der Waals surface area contributed by atoms with Gasteiger partial charge in [-0.1, -0.05) is 60.5 Å². The second kappa shape index (κ2) is 8.17. The molecule has 2 N–H and O–H groups in total. The maximum atomic E-state index is 12.2. The number of halogens is 2. The van der Waals surface area contributed by atoms with E-state index in [2.05, 4.69) is 27.6 Å². The molecule has 3 rings (SSSR count). The molecule has 1 amide bonds. The van der Waals surface area contributed by atoms with E-state index >= 15 is 0 Å². The lowest BCUT2D eigenvalue weighted by Crippen LogP contribution is -2.17. The lowest BCUT2D eigenvalue weighted by atomic mass is 10.1. The summed E-state index contributed by atoms with van der Waals surface area (Å²) in [6.45, 7) is 2.10. The molecule has 1 heterocycles. The molecule has 7 heteroatoms. The van der Waals surface area contributed by atoms with Crippen molar-refractivity contribution in [3.05, 3.63) is 75.4 Å². The quantitative estimate of drug-likeness (QED) is 0.492. The number of hydrazone groups is 1. The van der Waals surface area contributed by atoms with Crippen molar-refractivity contribution >= 4 is 35.3 Å². The molecule has 132 valence electrons. The molecule has 0 aliphatic rings. The molecule has 0 unspecified atom stereocenters. The van der Waals surface area contributed by atoms with Crippen molar-refractivity contribution in [2.75, 3.05) is 0 Å². The maximum absolute atomic E-state index is 12.2. The van der Waals surface area contributed by atoms with Gasteiger partial charge >= 0.3 is 0 Å². The fraction of sp³-hybridized carbons (Fsp3) is 0.105. The number of carbonyl (C=O) groups excluding carboxylic acids is 1. The van der Waals surface area contributed by atoms with Crippen LogP contribution in [0.2, 0.25) is 10.0 Å². The Hall–Kier alpha value is -2.63. The predicted octanol–water partition coefficient (Wildman–Crippen LogP) is 4.71. The Morgan fingerprint density at radius 2 is 1.92 bits per heavy atom. The summed E-state index contributed by atoms with van der Waals surface area (Å²) >= 11 is 11.9. The summed E-state index contributed by atoms with van der Waals surface area (Å²) in [6.07, 6.45) is 2.57. The van der Waals surface area contributed by atoms with Crippen LogP contribution in [0, 0.1) is 0 Å². The fourth-order valence-electron chi connectivity index (χ4n) is 2.31. The van der Waals surface area contributed by atoms with Gasteiger partial charge in [0.1, 0.15) is 5.69 Å². The third kappa shape index (κ3) is 4.31. The van der Waals surface area contributed by atoms with Gasteiger partial charge in [0.05, 0.1) is 22.0 Å². The molecule has 0 spiro atoms. The molecule has 26 heavy (non-hydrogen) atoms. The van der Waals surface area contributed by atoms with E-state index in [0.29, 0.717) is 21.4 Å². The molecule has 0 radical (unpaired) electrons. The topological polar surface area (TPSA) is 70.1 Å². The van der Waals surface area contributed by atoms with E-state index in [1.807, 2.05) is 24.3 Å². The van der Waals surface area contributed by atoms with Crippen molar-refractivity contribution in [1.82, 2.24) is 15.6 Å². The maximum Gasteiger partial charge on any atom is 0.289 e. The van der Waals surface area contributed by atoms with Crippen LogP contribution in [0.25, 0.3) is 11.3 Å². The number of aryl methyl sites for hydroxylation is 1. The van der Waals surface area contributed by atoms with Crippen LogP contribution in [0.1, 0.15) is 28.5 Å². The molecule has 0 saturated carbocycles. The van der Waals surface area contributed by atoms with Crippen LogP contribution in [0.3, 0.4) is 0 Å². The number of H-pyrrole nitrogens is 1. The van der Waals surface area contributed by atoms with Crippen LogP contribution in [0.4, 0.5) is 0 Å². The highest BCUT2D eigenvalue weighted by atomic mass is 35.5. The molecule has 0 aliphatic carbocycles. The predicted molar refractivity (Wildman–Crippen MR) is 105 cm³/mol. The van der Waals surface area contributed by atoms with Gasteiger partial charge < -0.3 is 0 Å². The van der Waals surface area contributed by atoms with Gasteiger partial charge in [-0.25, -0.2) is 5.43 Å². The first kappa shape index (κ1) is 18.2. The minimum atomic E-state index is -0.384. The number of benzene rings is 2. The lowest BCUT2D eigenvalue weighted by Gasteiger charge is -1.99. The molecule has 2 aromatic carbocycles. The fourth-order valence-corrected chi connectivity index (χ4v) is 2.60. The SMILES string of the molecule is CCc1ccc(/C=N\NC(=O)c2cc(-c3ccc(Cl)c(Cl)c3)n[nH]2)cc1. The molecule has 0 bridgehead atoms. The first-order valence-electron chi connectivity index (χ1n) is 8.00. The Labute approximate surface area is 161 Å². The third-order valence-corrected chi connectivity index (χ3v) is 4.54. The van der Waals surface area contributed by atoms with Crippen LogP contribution >= 0.6 is 23.2 Å².